The zero-order valence-corrected chi connectivity index (χ0v) is 18.0. The maximum atomic E-state index is 13.1. The lowest BCUT2D eigenvalue weighted by Gasteiger charge is -2.06. The zero-order valence-electron chi connectivity index (χ0n) is 16.2. The normalized spacial score (nSPS) is 22.3. The summed E-state index contributed by atoms with van der Waals surface area (Å²) in [6.45, 7) is 8.43. The first kappa shape index (κ1) is 19.6. The van der Waals surface area contributed by atoms with Crippen molar-refractivity contribution in [2.75, 3.05) is 0 Å². The van der Waals surface area contributed by atoms with E-state index in [0.717, 1.165) is 11.1 Å². The summed E-state index contributed by atoms with van der Waals surface area (Å²) >= 11 is 0. The van der Waals surface area contributed by atoms with Crippen molar-refractivity contribution >= 4 is 24.2 Å². The Labute approximate surface area is 163 Å². The highest BCUT2D eigenvalue weighted by molar-refractivity contribution is 7.89. The van der Waals surface area contributed by atoms with Gasteiger partial charge in [0.2, 0.25) is 10.0 Å². The quantitative estimate of drug-likeness (QED) is 0.439. The van der Waals surface area contributed by atoms with Crippen molar-refractivity contribution in [2.45, 2.75) is 43.5 Å². The van der Waals surface area contributed by atoms with Crippen LogP contribution in [0, 0.1) is 18.4 Å². The van der Waals surface area contributed by atoms with Gasteiger partial charge in [0.05, 0.1) is 10.9 Å². The molecular formula is C22H25NO2SSi. The number of sulfonamides is 1. The van der Waals surface area contributed by atoms with Crippen LogP contribution in [0.2, 0.25) is 19.6 Å². The van der Waals surface area contributed by atoms with E-state index in [2.05, 4.69) is 31.1 Å². The van der Waals surface area contributed by atoms with Crippen LogP contribution in [0.5, 0.6) is 0 Å². The molecule has 1 heterocycles. The van der Waals surface area contributed by atoms with Crippen LogP contribution in [0.15, 0.2) is 65.6 Å². The van der Waals surface area contributed by atoms with Gasteiger partial charge in [0, 0.05) is 0 Å². The minimum Gasteiger partial charge on any atom is -0.207 e. The summed E-state index contributed by atoms with van der Waals surface area (Å²) in [6, 6.07) is 16.4. The largest absolute Gasteiger partial charge is 0.244 e. The molecule has 0 spiro atoms. The van der Waals surface area contributed by atoms with Crippen LogP contribution >= 0.6 is 0 Å². The van der Waals surface area contributed by atoms with Gasteiger partial charge in [0.1, 0.15) is 14.1 Å². The Hall–Kier alpha value is -2.13. The maximum absolute atomic E-state index is 13.1. The molecule has 0 N–H and O–H groups in total. The van der Waals surface area contributed by atoms with E-state index >= 15 is 0 Å². The maximum Gasteiger partial charge on any atom is 0.244 e. The highest BCUT2D eigenvalue weighted by Gasteiger charge is 2.53. The number of nitrogens with zero attached hydrogens (tertiary/aromatic N) is 1. The Morgan fingerprint density at radius 3 is 2.22 bits per heavy atom. The first-order valence-electron chi connectivity index (χ1n) is 9.05. The molecule has 1 aliphatic rings. The second-order valence-corrected chi connectivity index (χ2v) is 14.5. The van der Waals surface area contributed by atoms with E-state index in [9.17, 15) is 8.42 Å². The molecule has 27 heavy (non-hydrogen) atoms. The highest BCUT2D eigenvalue weighted by atomic mass is 32.2. The standard InChI is InChI=1S/C22H25NO2SSi/c1-18-10-13-20(14-11-18)26(24,25)23-21(22(23)16-17-27(2,3)4)15-12-19-8-6-5-7-9-19/h5-15,21-22H,1-4H3/b15-12+/t21-,22+,23?/m1/s1. The van der Waals surface area contributed by atoms with Crippen LogP contribution in [0.4, 0.5) is 0 Å². The molecule has 3 rings (SSSR count). The van der Waals surface area contributed by atoms with Gasteiger partial charge in [-0.2, -0.15) is 4.31 Å². The monoisotopic (exact) mass is 395 g/mol. The predicted octanol–water partition coefficient (Wildman–Crippen LogP) is 4.33. The summed E-state index contributed by atoms with van der Waals surface area (Å²) in [5.41, 5.74) is 5.41. The van der Waals surface area contributed by atoms with E-state index < -0.39 is 18.1 Å². The molecule has 0 amide bonds. The summed E-state index contributed by atoms with van der Waals surface area (Å²) in [6.07, 6.45) is 3.92. The first-order chi connectivity index (χ1) is 12.7. The van der Waals surface area contributed by atoms with Crippen LogP contribution in [0.1, 0.15) is 11.1 Å². The molecule has 1 aliphatic heterocycles. The second kappa shape index (κ2) is 7.47. The number of hydrogen-bond acceptors (Lipinski definition) is 2. The van der Waals surface area contributed by atoms with E-state index in [1.54, 1.807) is 12.1 Å². The lowest BCUT2D eigenvalue weighted by molar-refractivity contribution is 0.555. The molecule has 0 saturated carbocycles. The van der Waals surface area contributed by atoms with E-state index in [1.165, 1.54) is 4.31 Å². The summed E-state index contributed by atoms with van der Waals surface area (Å²) in [5, 5.41) is 0. The van der Waals surface area contributed by atoms with E-state index in [-0.39, 0.29) is 12.1 Å². The van der Waals surface area contributed by atoms with Gasteiger partial charge in [-0.1, -0.05) is 85.7 Å². The van der Waals surface area contributed by atoms with Crippen molar-refractivity contribution in [2.24, 2.45) is 0 Å². The molecule has 1 fully saturated rings. The molecule has 2 aromatic rings. The van der Waals surface area contributed by atoms with Gasteiger partial charge in [-0.05, 0) is 24.6 Å². The van der Waals surface area contributed by atoms with Crippen LogP contribution in [0.25, 0.3) is 6.08 Å². The third-order valence-corrected chi connectivity index (χ3v) is 7.07. The van der Waals surface area contributed by atoms with Crippen molar-refractivity contribution in [1.29, 1.82) is 0 Å². The first-order valence-corrected chi connectivity index (χ1v) is 14.0. The molecule has 0 radical (unpaired) electrons. The van der Waals surface area contributed by atoms with Gasteiger partial charge in [0.25, 0.3) is 0 Å². The van der Waals surface area contributed by atoms with Crippen molar-refractivity contribution in [3.05, 3.63) is 71.8 Å². The Bertz CT molecular complexity index is 994. The van der Waals surface area contributed by atoms with Crippen LogP contribution in [0.3, 0.4) is 0 Å². The molecular weight excluding hydrogens is 370 g/mol. The average molecular weight is 396 g/mol. The molecule has 3 atom stereocenters. The molecule has 1 unspecified atom stereocenters. The summed E-state index contributed by atoms with van der Waals surface area (Å²) in [7, 11) is -5.14. The fourth-order valence-electron chi connectivity index (χ4n) is 2.77. The van der Waals surface area contributed by atoms with Crippen LogP contribution in [-0.4, -0.2) is 32.9 Å². The topological polar surface area (TPSA) is 37.1 Å². The van der Waals surface area contributed by atoms with Crippen LogP contribution < -0.4 is 0 Å². The van der Waals surface area contributed by atoms with Gasteiger partial charge in [-0.25, -0.2) is 8.42 Å². The smallest absolute Gasteiger partial charge is 0.207 e. The lowest BCUT2D eigenvalue weighted by atomic mass is 10.2. The molecule has 1 saturated heterocycles. The van der Waals surface area contributed by atoms with Crippen molar-refractivity contribution in [3.63, 3.8) is 0 Å². The van der Waals surface area contributed by atoms with E-state index in [1.807, 2.05) is 61.5 Å². The Kier molecular flexibility index (Phi) is 5.43. The average Bonchev–Trinajstić information content (AvgIpc) is 3.33. The van der Waals surface area contributed by atoms with Crippen LogP contribution in [-0.2, 0) is 10.0 Å². The molecule has 3 nitrogen and oxygen atoms in total. The van der Waals surface area contributed by atoms with Crippen molar-refractivity contribution in [3.8, 4) is 11.5 Å². The molecule has 0 bridgehead atoms. The molecule has 140 valence electrons. The van der Waals surface area contributed by atoms with Gasteiger partial charge >= 0.3 is 0 Å². The lowest BCUT2D eigenvalue weighted by Crippen LogP contribution is -2.18. The van der Waals surface area contributed by atoms with Crippen molar-refractivity contribution in [1.82, 2.24) is 4.31 Å². The third kappa shape index (κ3) is 4.78. The van der Waals surface area contributed by atoms with Gasteiger partial charge in [0.15, 0.2) is 0 Å². The van der Waals surface area contributed by atoms with Crippen molar-refractivity contribution < 1.29 is 8.42 Å². The molecule has 2 aromatic carbocycles. The fraction of sp³-hybridized carbons (Fsp3) is 0.273. The fourth-order valence-corrected chi connectivity index (χ4v) is 5.01. The Morgan fingerprint density at radius 1 is 1.00 bits per heavy atom. The second-order valence-electron chi connectivity index (χ2n) is 7.87. The molecule has 0 aliphatic carbocycles. The Balaban J connectivity index is 1.91. The summed E-state index contributed by atoms with van der Waals surface area (Å²) in [4.78, 5) is 0.323. The summed E-state index contributed by atoms with van der Waals surface area (Å²) in [5.74, 6) is 3.23. The molecule has 5 heteroatoms. The van der Waals surface area contributed by atoms with Gasteiger partial charge < -0.3 is 0 Å². The predicted molar refractivity (Wildman–Crippen MR) is 114 cm³/mol. The molecule has 0 aromatic heterocycles. The summed E-state index contributed by atoms with van der Waals surface area (Å²) < 4.78 is 27.7. The SMILES string of the molecule is Cc1ccc(S(=O)(=O)N2[C@H](/C=C/c3ccccc3)[C@@H]2C#C[Si](C)(C)C)cc1. The highest BCUT2D eigenvalue weighted by Crippen LogP contribution is 2.37. The minimum atomic E-state index is -3.56. The number of benzene rings is 2. The number of hydrogen-bond donors (Lipinski definition) is 0. The third-order valence-electron chi connectivity index (χ3n) is 4.28. The van der Waals surface area contributed by atoms with Gasteiger partial charge in [-0.3, -0.25) is 0 Å². The van der Waals surface area contributed by atoms with E-state index in [0.29, 0.717) is 4.90 Å². The van der Waals surface area contributed by atoms with Gasteiger partial charge in [-0.15, -0.1) is 5.54 Å². The number of aryl methyl sites for hydroxylation is 1. The number of rotatable bonds is 4. The Morgan fingerprint density at radius 2 is 1.63 bits per heavy atom. The minimum absolute atomic E-state index is 0.222. The van der Waals surface area contributed by atoms with E-state index in [4.69, 9.17) is 0 Å². The zero-order chi connectivity index (χ0) is 19.7.